The Balaban J connectivity index is 2.91. The van der Waals surface area contributed by atoms with Gasteiger partial charge in [-0.3, -0.25) is 4.79 Å². The maximum atomic E-state index is 11.5. The molecule has 17 heavy (non-hydrogen) atoms. The third-order valence-corrected chi connectivity index (χ3v) is 2.58. The molecule has 0 spiro atoms. The minimum Gasteiger partial charge on any atom is -0.466 e. The van der Waals surface area contributed by atoms with Crippen molar-refractivity contribution in [3.05, 3.63) is 41.5 Å². The lowest BCUT2D eigenvalue weighted by atomic mass is 9.97. The van der Waals surface area contributed by atoms with E-state index in [0.717, 1.165) is 17.6 Å². The lowest BCUT2D eigenvalue weighted by Gasteiger charge is -2.10. The smallest absolute Gasteiger partial charge is 0.310 e. The summed E-state index contributed by atoms with van der Waals surface area (Å²) >= 11 is 0. The molecule has 0 radical (unpaired) electrons. The van der Waals surface area contributed by atoms with Crippen LogP contribution in [0.15, 0.2) is 30.3 Å². The van der Waals surface area contributed by atoms with Gasteiger partial charge in [0.25, 0.3) is 0 Å². The largest absolute Gasteiger partial charge is 0.466 e. The number of benzene rings is 1. The van der Waals surface area contributed by atoms with Crippen LogP contribution in [-0.4, -0.2) is 12.6 Å². The van der Waals surface area contributed by atoms with E-state index >= 15 is 0 Å². The monoisotopic (exact) mass is 232 g/mol. The van der Waals surface area contributed by atoms with E-state index in [4.69, 9.17) is 4.74 Å². The summed E-state index contributed by atoms with van der Waals surface area (Å²) in [5.74, 6) is -0.157. The molecule has 2 nitrogen and oxygen atoms in total. The highest BCUT2D eigenvalue weighted by atomic mass is 16.5. The third kappa shape index (κ3) is 4.06. The fraction of sp³-hybridized carbons (Fsp3) is 0.400. The van der Waals surface area contributed by atoms with Crippen LogP contribution in [0, 0.1) is 6.92 Å². The molecule has 0 N–H and O–H groups in total. The Morgan fingerprint density at radius 3 is 2.59 bits per heavy atom. The molecule has 0 heterocycles. The maximum Gasteiger partial charge on any atom is 0.310 e. The van der Waals surface area contributed by atoms with Crippen molar-refractivity contribution >= 4 is 11.5 Å². The van der Waals surface area contributed by atoms with Crippen LogP contribution >= 0.6 is 0 Å². The number of hydrogen-bond donors (Lipinski definition) is 0. The van der Waals surface area contributed by atoms with Gasteiger partial charge in [0, 0.05) is 0 Å². The van der Waals surface area contributed by atoms with Crippen LogP contribution in [0.3, 0.4) is 0 Å². The van der Waals surface area contributed by atoms with Gasteiger partial charge in [0.15, 0.2) is 0 Å². The fourth-order valence-electron chi connectivity index (χ4n) is 1.82. The average molecular weight is 232 g/mol. The van der Waals surface area contributed by atoms with E-state index in [-0.39, 0.29) is 5.97 Å². The van der Waals surface area contributed by atoms with Gasteiger partial charge in [-0.1, -0.05) is 37.3 Å². The van der Waals surface area contributed by atoms with Gasteiger partial charge in [0.2, 0.25) is 0 Å². The van der Waals surface area contributed by atoms with Crippen molar-refractivity contribution in [2.45, 2.75) is 33.6 Å². The van der Waals surface area contributed by atoms with Gasteiger partial charge in [-0.2, -0.15) is 0 Å². The van der Waals surface area contributed by atoms with E-state index in [1.54, 1.807) is 0 Å². The van der Waals surface area contributed by atoms with Gasteiger partial charge in [-0.15, -0.1) is 0 Å². The van der Waals surface area contributed by atoms with Crippen molar-refractivity contribution in [3.63, 3.8) is 0 Å². The molecule has 0 aromatic heterocycles. The molecule has 0 saturated heterocycles. The van der Waals surface area contributed by atoms with E-state index in [2.05, 4.69) is 32.1 Å². The minimum atomic E-state index is -0.157. The Bertz CT molecular complexity index is 405. The molecule has 0 atom stereocenters. The lowest BCUT2D eigenvalue weighted by molar-refractivity contribution is -0.141. The van der Waals surface area contributed by atoms with E-state index in [0.29, 0.717) is 13.0 Å². The second kappa shape index (κ2) is 6.89. The second-order valence-corrected chi connectivity index (χ2v) is 3.93. The number of ether oxygens (including phenoxy) is 1. The summed E-state index contributed by atoms with van der Waals surface area (Å²) in [6.07, 6.45) is 3.37. The van der Waals surface area contributed by atoms with Gasteiger partial charge in [0.1, 0.15) is 0 Å². The number of carbonyl (C=O) groups is 1. The molecular formula is C15H20O2. The number of carbonyl (C=O) groups excluding carboxylic acids is 1. The molecular weight excluding hydrogens is 212 g/mol. The molecule has 0 aliphatic carbocycles. The van der Waals surface area contributed by atoms with Crippen molar-refractivity contribution in [2.75, 3.05) is 6.61 Å². The molecule has 0 bridgehead atoms. The summed E-state index contributed by atoms with van der Waals surface area (Å²) in [6, 6.07) is 8.11. The fourth-order valence-corrected chi connectivity index (χ4v) is 1.82. The first-order valence-electron chi connectivity index (χ1n) is 6.09. The van der Waals surface area contributed by atoms with Gasteiger partial charge < -0.3 is 4.74 Å². The Hall–Kier alpha value is -1.57. The summed E-state index contributed by atoms with van der Waals surface area (Å²) in [4.78, 5) is 11.5. The van der Waals surface area contributed by atoms with Gasteiger partial charge in [0.05, 0.1) is 13.0 Å². The van der Waals surface area contributed by atoms with Crippen LogP contribution in [0.2, 0.25) is 0 Å². The summed E-state index contributed by atoms with van der Waals surface area (Å²) in [7, 11) is 0. The first kappa shape index (κ1) is 13.5. The first-order chi connectivity index (χ1) is 8.19. The molecule has 2 heteroatoms. The van der Waals surface area contributed by atoms with Crippen LogP contribution in [0.5, 0.6) is 0 Å². The number of esters is 1. The number of aryl methyl sites for hydroxylation is 1. The highest BCUT2D eigenvalue weighted by molar-refractivity contribution is 5.85. The first-order valence-corrected chi connectivity index (χ1v) is 6.09. The van der Waals surface area contributed by atoms with E-state index in [1.165, 1.54) is 5.56 Å². The van der Waals surface area contributed by atoms with E-state index < -0.39 is 0 Å². The van der Waals surface area contributed by atoms with Crippen molar-refractivity contribution < 1.29 is 9.53 Å². The van der Waals surface area contributed by atoms with Crippen molar-refractivity contribution in [2.24, 2.45) is 0 Å². The molecule has 0 unspecified atom stereocenters. The van der Waals surface area contributed by atoms with Crippen LogP contribution in [0.25, 0.3) is 5.57 Å². The topological polar surface area (TPSA) is 26.3 Å². The molecule has 1 rings (SSSR count). The van der Waals surface area contributed by atoms with E-state index in [1.807, 2.05) is 19.1 Å². The summed E-state index contributed by atoms with van der Waals surface area (Å²) < 4.78 is 5.00. The van der Waals surface area contributed by atoms with Gasteiger partial charge in [-0.25, -0.2) is 0 Å². The maximum absolute atomic E-state index is 11.5. The SMILES string of the molecule is CC/C=C(/CC(=O)OCC)c1ccccc1C. The second-order valence-electron chi connectivity index (χ2n) is 3.93. The predicted molar refractivity (Wildman–Crippen MR) is 70.7 cm³/mol. The zero-order chi connectivity index (χ0) is 12.7. The zero-order valence-corrected chi connectivity index (χ0v) is 10.8. The molecule has 1 aromatic carbocycles. The number of hydrogen-bond acceptors (Lipinski definition) is 2. The van der Waals surface area contributed by atoms with E-state index in [9.17, 15) is 4.79 Å². The van der Waals surface area contributed by atoms with Gasteiger partial charge >= 0.3 is 5.97 Å². The Morgan fingerprint density at radius 1 is 1.29 bits per heavy atom. The van der Waals surface area contributed by atoms with Gasteiger partial charge in [-0.05, 0) is 37.0 Å². The van der Waals surface area contributed by atoms with Crippen molar-refractivity contribution in [1.82, 2.24) is 0 Å². The van der Waals surface area contributed by atoms with Crippen LogP contribution in [-0.2, 0) is 9.53 Å². The summed E-state index contributed by atoms with van der Waals surface area (Å²) in [5, 5.41) is 0. The quantitative estimate of drug-likeness (QED) is 0.723. The van der Waals surface area contributed by atoms with Crippen molar-refractivity contribution in [1.29, 1.82) is 0 Å². The Morgan fingerprint density at radius 2 is 2.00 bits per heavy atom. The minimum absolute atomic E-state index is 0.157. The number of allylic oxidation sites excluding steroid dienone is 1. The van der Waals surface area contributed by atoms with Crippen molar-refractivity contribution in [3.8, 4) is 0 Å². The average Bonchev–Trinajstić information content (AvgIpc) is 2.29. The normalized spacial score (nSPS) is 11.4. The third-order valence-electron chi connectivity index (χ3n) is 2.58. The molecule has 0 amide bonds. The molecule has 0 aliphatic heterocycles. The Kier molecular flexibility index (Phi) is 5.47. The predicted octanol–water partition coefficient (Wildman–Crippen LogP) is 3.74. The molecule has 0 aliphatic rings. The van der Waals surface area contributed by atoms with Crippen LogP contribution in [0.1, 0.15) is 37.8 Å². The molecule has 92 valence electrons. The number of rotatable bonds is 5. The summed E-state index contributed by atoms with van der Waals surface area (Å²) in [6.45, 7) is 6.40. The van der Waals surface area contributed by atoms with Crippen LogP contribution < -0.4 is 0 Å². The highest BCUT2D eigenvalue weighted by Crippen LogP contribution is 2.22. The lowest BCUT2D eigenvalue weighted by Crippen LogP contribution is -2.05. The van der Waals surface area contributed by atoms with Crippen LogP contribution in [0.4, 0.5) is 0 Å². The zero-order valence-electron chi connectivity index (χ0n) is 10.8. The Labute approximate surface area is 103 Å². The molecule has 1 aromatic rings. The molecule has 0 saturated carbocycles. The highest BCUT2D eigenvalue weighted by Gasteiger charge is 2.10. The summed E-state index contributed by atoms with van der Waals surface area (Å²) in [5.41, 5.74) is 3.39. The standard InChI is InChI=1S/C15H20O2/c1-4-8-13(11-15(16)17-5-2)14-10-7-6-9-12(14)3/h6-10H,4-5,11H2,1-3H3/b13-8-. The molecule has 0 fully saturated rings.